The molecule has 0 aliphatic carbocycles. The number of rotatable bonds is 7. The standard InChI is InChI=1S/C26H36N6O4/c1-26(2,3)36-25(33)29-19-7-6-17(16-20(19)34-5)22-23-24(27)28-11-14-32(23)21(30-22)10-15-35-18-8-12-31(4)13-9-18/h6-7,11,14,16,18H,8-10,12-13,15H2,1-5H3,(H2,27,28)(H,29,33). The van der Waals surface area contributed by atoms with Gasteiger partial charge >= 0.3 is 6.09 Å². The fourth-order valence-electron chi connectivity index (χ4n) is 4.33. The van der Waals surface area contributed by atoms with Crippen molar-refractivity contribution in [1.82, 2.24) is 19.3 Å². The molecule has 10 nitrogen and oxygen atoms in total. The number of nitrogens with one attached hydrogen (secondary N) is 1. The van der Waals surface area contributed by atoms with Gasteiger partial charge in [0.15, 0.2) is 0 Å². The van der Waals surface area contributed by atoms with Crippen LogP contribution in [-0.4, -0.2) is 70.9 Å². The van der Waals surface area contributed by atoms with Crippen LogP contribution in [0.4, 0.5) is 16.3 Å². The third kappa shape index (κ3) is 6.06. The second-order valence-corrected chi connectivity index (χ2v) is 10.1. The first-order valence-electron chi connectivity index (χ1n) is 12.2. The van der Waals surface area contributed by atoms with Gasteiger partial charge in [-0.3, -0.25) is 9.72 Å². The minimum Gasteiger partial charge on any atom is -0.495 e. The van der Waals surface area contributed by atoms with Crippen molar-refractivity contribution in [3.05, 3.63) is 36.4 Å². The minimum atomic E-state index is -0.607. The molecule has 0 atom stereocenters. The lowest BCUT2D eigenvalue weighted by Gasteiger charge is -2.28. The maximum atomic E-state index is 12.3. The molecule has 4 rings (SSSR count). The summed E-state index contributed by atoms with van der Waals surface area (Å²) in [5.74, 6) is 1.71. The van der Waals surface area contributed by atoms with Crippen LogP contribution in [0.15, 0.2) is 30.6 Å². The van der Waals surface area contributed by atoms with Gasteiger partial charge in [0.25, 0.3) is 0 Å². The first-order valence-corrected chi connectivity index (χ1v) is 12.2. The molecule has 2 aromatic heterocycles. The Kier molecular flexibility index (Phi) is 7.65. The molecule has 0 saturated carbocycles. The summed E-state index contributed by atoms with van der Waals surface area (Å²) >= 11 is 0. The van der Waals surface area contributed by atoms with Gasteiger partial charge in [0.1, 0.15) is 34.2 Å². The zero-order valence-corrected chi connectivity index (χ0v) is 21.7. The average molecular weight is 497 g/mol. The molecule has 0 radical (unpaired) electrons. The number of piperidine rings is 1. The Labute approximate surface area is 211 Å². The molecular weight excluding hydrogens is 460 g/mol. The number of methoxy groups -OCH3 is 1. The number of carbonyl (C=O) groups is 1. The number of nitrogens with zero attached hydrogens (tertiary/aromatic N) is 4. The largest absolute Gasteiger partial charge is 0.495 e. The van der Waals surface area contributed by atoms with Gasteiger partial charge in [-0.2, -0.15) is 0 Å². The van der Waals surface area contributed by atoms with Crippen LogP contribution in [0.2, 0.25) is 0 Å². The van der Waals surface area contributed by atoms with Crippen molar-refractivity contribution >= 4 is 23.1 Å². The molecule has 36 heavy (non-hydrogen) atoms. The second-order valence-electron chi connectivity index (χ2n) is 10.1. The highest BCUT2D eigenvalue weighted by Gasteiger charge is 2.21. The zero-order chi connectivity index (χ0) is 25.9. The number of carbonyl (C=O) groups excluding carboxylic acids is 1. The summed E-state index contributed by atoms with van der Waals surface area (Å²) in [7, 11) is 3.69. The number of amides is 1. The molecule has 1 amide bonds. The molecule has 3 N–H and O–H groups in total. The lowest BCUT2D eigenvalue weighted by molar-refractivity contribution is 0.0136. The van der Waals surface area contributed by atoms with E-state index < -0.39 is 11.7 Å². The highest BCUT2D eigenvalue weighted by Crippen LogP contribution is 2.34. The van der Waals surface area contributed by atoms with Crippen LogP contribution in [0, 0.1) is 0 Å². The van der Waals surface area contributed by atoms with E-state index in [2.05, 4.69) is 22.2 Å². The molecule has 0 unspecified atom stereocenters. The van der Waals surface area contributed by atoms with Crippen molar-refractivity contribution < 1.29 is 19.0 Å². The predicted molar refractivity (Wildman–Crippen MR) is 139 cm³/mol. The topological polar surface area (TPSA) is 116 Å². The number of ether oxygens (including phenoxy) is 3. The molecule has 1 saturated heterocycles. The van der Waals surface area contributed by atoms with E-state index in [1.807, 2.05) is 43.5 Å². The summed E-state index contributed by atoms with van der Waals surface area (Å²) in [6.45, 7) is 8.13. The van der Waals surface area contributed by atoms with E-state index >= 15 is 0 Å². The number of hydrogen-bond acceptors (Lipinski definition) is 8. The number of hydrogen-bond donors (Lipinski definition) is 2. The average Bonchev–Trinajstić information content (AvgIpc) is 3.19. The lowest BCUT2D eigenvalue weighted by atomic mass is 10.1. The fourth-order valence-corrected chi connectivity index (χ4v) is 4.33. The van der Waals surface area contributed by atoms with Gasteiger partial charge in [-0.15, -0.1) is 0 Å². The summed E-state index contributed by atoms with van der Waals surface area (Å²) in [6.07, 6.45) is 6.00. The van der Waals surface area contributed by atoms with Crippen LogP contribution in [0.5, 0.6) is 5.75 Å². The first-order chi connectivity index (χ1) is 17.1. The van der Waals surface area contributed by atoms with Crippen LogP contribution in [-0.2, 0) is 15.9 Å². The third-order valence-corrected chi connectivity index (χ3v) is 6.11. The van der Waals surface area contributed by atoms with Crippen molar-refractivity contribution in [3.63, 3.8) is 0 Å². The number of fused-ring (bicyclic) bond motifs is 1. The summed E-state index contributed by atoms with van der Waals surface area (Å²) in [5, 5.41) is 2.74. The van der Waals surface area contributed by atoms with E-state index in [4.69, 9.17) is 24.9 Å². The molecule has 1 aliphatic rings. The Morgan fingerprint density at radius 2 is 2.00 bits per heavy atom. The van der Waals surface area contributed by atoms with E-state index in [1.54, 1.807) is 19.4 Å². The van der Waals surface area contributed by atoms with E-state index in [0.717, 1.165) is 42.8 Å². The van der Waals surface area contributed by atoms with Crippen molar-refractivity contribution in [2.75, 3.05) is 44.9 Å². The summed E-state index contributed by atoms with van der Waals surface area (Å²) in [4.78, 5) is 23.8. The van der Waals surface area contributed by atoms with E-state index in [-0.39, 0.29) is 6.10 Å². The number of likely N-dealkylation sites (tertiary alicyclic amines) is 1. The van der Waals surface area contributed by atoms with Gasteiger partial charge in [-0.05, 0) is 52.8 Å². The van der Waals surface area contributed by atoms with Gasteiger partial charge in [0.2, 0.25) is 0 Å². The smallest absolute Gasteiger partial charge is 0.412 e. The molecule has 1 fully saturated rings. The number of aromatic nitrogens is 3. The van der Waals surface area contributed by atoms with Gasteiger partial charge in [-0.25, -0.2) is 14.8 Å². The Morgan fingerprint density at radius 3 is 2.69 bits per heavy atom. The number of anilines is 2. The normalized spacial score (nSPS) is 15.2. The van der Waals surface area contributed by atoms with Gasteiger partial charge < -0.3 is 24.8 Å². The Hall–Kier alpha value is -3.37. The van der Waals surface area contributed by atoms with Crippen LogP contribution >= 0.6 is 0 Å². The molecule has 1 aromatic carbocycles. The molecule has 0 spiro atoms. The second kappa shape index (κ2) is 10.7. The molecule has 1 aliphatic heterocycles. The minimum absolute atomic E-state index is 0.285. The lowest BCUT2D eigenvalue weighted by Crippen LogP contribution is -2.34. The highest BCUT2D eigenvalue weighted by atomic mass is 16.6. The number of benzene rings is 1. The summed E-state index contributed by atoms with van der Waals surface area (Å²) < 4.78 is 19.0. The molecule has 194 valence electrons. The monoisotopic (exact) mass is 496 g/mol. The first kappa shape index (κ1) is 25.7. The van der Waals surface area contributed by atoms with Crippen molar-refractivity contribution in [2.45, 2.75) is 51.7 Å². The molecule has 0 bridgehead atoms. The van der Waals surface area contributed by atoms with E-state index in [9.17, 15) is 4.79 Å². The number of nitrogen functional groups attached to an aromatic ring is 1. The van der Waals surface area contributed by atoms with Gasteiger partial charge in [0.05, 0.1) is 25.5 Å². The zero-order valence-electron chi connectivity index (χ0n) is 21.7. The molecular formula is C26H36N6O4. The summed E-state index contributed by atoms with van der Waals surface area (Å²) in [6, 6.07) is 5.45. The van der Waals surface area contributed by atoms with Crippen LogP contribution < -0.4 is 15.8 Å². The summed E-state index contributed by atoms with van der Waals surface area (Å²) in [5.41, 5.74) is 8.38. The third-order valence-electron chi connectivity index (χ3n) is 6.11. The Bertz CT molecular complexity index is 1210. The quantitative estimate of drug-likeness (QED) is 0.504. The maximum Gasteiger partial charge on any atom is 0.412 e. The van der Waals surface area contributed by atoms with Crippen molar-refractivity contribution in [2.24, 2.45) is 0 Å². The van der Waals surface area contributed by atoms with Gasteiger partial charge in [-0.1, -0.05) is 6.07 Å². The SMILES string of the molecule is COc1cc(-c2nc(CCOC3CCN(C)CC3)n3ccnc(N)c23)ccc1NC(=O)OC(C)(C)C. The highest BCUT2D eigenvalue weighted by molar-refractivity contribution is 5.90. The van der Waals surface area contributed by atoms with Gasteiger partial charge in [0, 0.05) is 37.5 Å². The Balaban J connectivity index is 1.57. The Morgan fingerprint density at radius 1 is 1.25 bits per heavy atom. The number of nitrogens with two attached hydrogens (primary N) is 1. The fraction of sp³-hybridized carbons (Fsp3) is 0.500. The van der Waals surface area contributed by atoms with E-state index in [1.165, 1.54) is 0 Å². The van der Waals surface area contributed by atoms with Crippen molar-refractivity contribution in [1.29, 1.82) is 0 Å². The van der Waals surface area contributed by atoms with Crippen molar-refractivity contribution in [3.8, 4) is 17.0 Å². The predicted octanol–water partition coefficient (Wildman–Crippen LogP) is 3.99. The van der Waals surface area contributed by atoms with Crippen LogP contribution in [0.25, 0.3) is 16.8 Å². The molecule has 3 aromatic rings. The van der Waals surface area contributed by atoms with Crippen LogP contribution in [0.1, 0.15) is 39.4 Å². The van der Waals surface area contributed by atoms with Crippen LogP contribution in [0.3, 0.4) is 0 Å². The maximum absolute atomic E-state index is 12.3. The molecule has 10 heteroatoms. The molecule has 3 heterocycles. The number of imidazole rings is 1. The van der Waals surface area contributed by atoms with E-state index in [0.29, 0.717) is 36.0 Å².